The van der Waals surface area contributed by atoms with Crippen molar-refractivity contribution in [1.82, 2.24) is 74.0 Å². The Labute approximate surface area is 861 Å². The number of nitrogens with two attached hydrogens (primary N) is 1. The summed E-state index contributed by atoms with van der Waals surface area (Å²) < 4.78 is 81.3. The largest absolute Gasteiger partial charge is 0.481 e. The predicted octanol–water partition coefficient (Wildman–Crippen LogP) is -0.399. The minimum absolute atomic E-state index is 0.00672. The van der Waals surface area contributed by atoms with E-state index in [-0.39, 0.29) is 85.1 Å². The Morgan fingerprint density at radius 1 is 0.493 bits per heavy atom. The summed E-state index contributed by atoms with van der Waals surface area (Å²) in [5.74, 6) is -21.9. The van der Waals surface area contributed by atoms with Gasteiger partial charge >= 0.3 is 29.8 Å². The predicted molar refractivity (Wildman–Crippen MR) is 533 cm³/mol. The van der Waals surface area contributed by atoms with Gasteiger partial charge in [0.15, 0.2) is 5.71 Å². The first-order chi connectivity index (χ1) is 69.6. The normalized spacial score (nSPS) is 16.1. The molecule has 22 N–H and O–H groups in total. The number of nitrogens with zero attached hydrogens (tertiary/aromatic N) is 3. The van der Waals surface area contributed by atoms with Gasteiger partial charge in [-0.2, -0.15) is 33.2 Å². The number of rotatable bonds is 68. The van der Waals surface area contributed by atoms with Gasteiger partial charge in [-0.05, 0) is 172 Å². The van der Waals surface area contributed by atoms with Crippen LogP contribution in [0.2, 0.25) is 0 Å². The fourth-order valence-electron chi connectivity index (χ4n) is 16.4. The highest BCUT2D eigenvalue weighted by Crippen LogP contribution is 2.49. The Morgan fingerprint density at radius 2 is 0.980 bits per heavy atom. The van der Waals surface area contributed by atoms with E-state index in [1.54, 1.807) is 18.4 Å². The number of thioether (sulfide) groups is 1. The van der Waals surface area contributed by atoms with E-state index in [2.05, 4.69) is 69.1 Å². The van der Waals surface area contributed by atoms with Gasteiger partial charge in [-0.15, -0.1) is 0 Å². The second kappa shape index (κ2) is 60.8. The van der Waals surface area contributed by atoms with Crippen LogP contribution in [0.15, 0.2) is 82.3 Å². The maximum Gasteiger partial charge on any atom is 0.303 e. The van der Waals surface area contributed by atoms with Crippen molar-refractivity contribution in [2.75, 3.05) is 89.1 Å². The minimum atomic E-state index is -4.58. The lowest BCUT2D eigenvalue weighted by atomic mass is 9.81. The first-order valence-corrected chi connectivity index (χ1v) is 52.7. The summed E-state index contributed by atoms with van der Waals surface area (Å²) in [5.41, 5.74) is 8.75. The maximum atomic E-state index is 14.2. The fourth-order valence-corrected chi connectivity index (χ4v) is 18.0. The summed E-state index contributed by atoms with van der Waals surface area (Å²) in [7, 11) is -9.05. The van der Waals surface area contributed by atoms with Crippen molar-refractivity contribution in [3.05, 3.63) is 83.6 Å². The Balaban J connectivity index is 1.12. The molecule has 5 rings (SSSR count). The zero-order valence-corrected chi connectivity index (χ0v) is 86.9. The van der Waals surface area contributed by atoms with Crippen molar-refractivity contribution in [1.29, 1.82) is 0 Å². The van der Waals surface area contributed by atoms with E-state index in [4.69, 9.17) is 15.2 Å². The van der Waals surface area contributed by atoms with Gasteiger partial charge < -0.3 is 120 Å². The van der Waals surface area contributed by atoms with Crippen molar-refractivity contribution in [3.63, 3.8) is 0 Å². The monoisotopic (exact) mass is 2140 g/mol. The van der Waals surface area contributed by atoms with Crippen LogP contribution in [0.5, 0.6) is 0 Å². The van der Waals surface area contributed by atoms with Gasteiger partial charge in [-0.3, -0.25) is 105 Å². The van der Waals surface area contributed by atoms with Crippen LogP contribution < -0.4 is 79.8 Å². The van der Waals surface area contributed by atoms with Gasteiger partial charge in [0, 0.05) is 112 Å². The molecule has 0 unspecified atom stereocenters. The van der Waals surface area contributed by atoms with Crippen molar-refractivity contribution in [3.8, 4) is 0 Å². The second-order valence-corrected chi connectivity index (χ2v) is 40.7. The van der Waals surface area contributed by atoms with E-state index in [9.17, 15) is 147 Å². The lowest BCUT2D eigenvalue weighted by molar-refractivity contribution is -0.433. The molecule has 0 spiro atoms. The Hall–Kier alpha value is -13.4. The van der Waals surface area contributed by atoms with Gasteiger partial charge in [0.05, 0.1) is 34.9 Å². The molecule has 2 aromatic rings. The number of carboxylic acid groups (broad SMARTS) is 5. The summed E-state index contributed by atoms with van der Waals surface area (Å²) >= 11 is 1.16. The van der Waals surface area contributed by atoms with Crippen LogP contribution >= 0.6 is 11.8 Å². The van der Waals surface area contributed by atoms with E-state index < -0.39 is 289 Å². The number of primary amides is 1. The van der Waals surface area contributed by atoms with Crippen molar-refractivity contribution >= 4 is 168 Å². The second-order valence-electron chi connectivity index (χ2n) is 36.9. The molecule has 0 aliphatic carbocycles. The van der Waals surface area contributed by atoms with Crippen LogP contribution in [0.1, 0.15) is 208 Å². The van der Waals surface area contributed by atoms with Crippen molar-refractivity contribution in [2.45, 2.75) is 278 Å². The van der Waals surface area contributed by atoms with E-state index in [1.165, 1.54) is 36.1 Å². The average Bonchev–Trinajstić information content (AvgIpc) is 1.48. The number of aliphatic carboxylic acids is 5. The van der Waals surface area contributed by atoms with Gasteiger partial charge in [-0.25, -0.2) is 0 Å². The summed E-state index contributed by atoms with van der Waals surface area (Å²) in [4.78, 5) is 264. The molecule has 3 aliphatic rings. The van der Waals surface area contributed by atoms with Crippen LogP contribution in [-0.2, 0) is 136 Å². The maximum absolute atomic E-state index is 14.2. The number of unbranched alkanes of at least 4 members (excludes halogenated alkanes) is 3. The molecule has 3 heterocycles. The molecule has 0 bridgehead atoms. The number of hydrogen-bond acceptors (Lipinski definition) is 28. The third-order valence-electron chi connectivity index (χ3n) is 24.1. The fraction of sp³-hybridized carbons (Fsp3) is 0.589. The number of ether oxygens (including phenoxy) is 2. The smallest absolute Gasteiger partial charge is 0.303 e. The summed E-state index contributed by atoms with van der Waals surface area (Å²) in [6, 6.07) is -6.90. The highest BCUT2D eigenvalue weighted by Gasteiger charge is 2.46. The number of anilines is 1. The standard InChI is InChI=1S/C95H139N17O33S3/c1-11-45-144-53-78(117)112-44-21-23-71(112)93(137)109-67(47-55(3)4)86(130)100-51-76(115)103-68(54-146-10)92(136)101-56(5)85(129)99-50-75(114)98-42-46-145-52-77(116)102-62(29-36-79(118)119)87(131)105-64(31-38-81(122)123)89(133)107-66(33-40-83(126)127)91(135)108-65(32-39-82(124)125)90(134)106-63(30-37-80(120)121)88(132)104-61(84(96)128)22-18-19-41-97-74(113)26-17-14-20-43-111-70-35-28-58(148(141,142)143)49-60(70)95(8,9)73(111)25-16-13-15-24-72-94(6,7)59-48-57(147(138,139)140)27-34-69(59)110(72)12-2/h13,15-16,24-25,27-28,34-35,48-49,55-56,61-68,71H,11-12,14,17-23,26,29-33,36-47,50-54H2,1-10H3,(H21-,96,97,98,99,100,101,102,103,104,105,106,107,108,109,113,114,115,116,118,119,120,121,122,123,124,125,126,127,128,129,130,131,132,133,134,135,136,137,138,139,140,141,142,143)/p+1/t56-,61+,62+,63+,64+,65+,66+,67-,68-,71-/m0/s1. The van der Waals surface area contributed by atoms with E-state index >= 15 is 0 Å². The number of fused-ring (bicyclic) bond motifs is 2. The number of carbonyl (C=O) groups is 20. The van der Waals surface area contributed by atoms with Crippen LogP contribution in [0.25, 0.3) is 0 Å². The number of carboxylic acids is 5. The third kappa shape index (κ3) is 41.4. The Morgan fingerprint density at radius 3 is 1.49 bits per heavy atom. The molecule has 1 saturated heterocycles. The molecule has 2 aromatic carbocycles. The Bertz CT molecular complexity index is 5490. The molecule has 148 heavy (non-hydrogen) atoms. The number of hydrogen-bond donors (Lipinski definition) is 21. The number of amides is 15. The number of allylic oxidation sites excluding steroid dienone is 6. The summed E-state index contributed by atoms with van der Waals surface area (Å²) in [6.07, 6.45) is 6.29. The summed E-state index contributed by atoms with van der Waals surface area (Å²) in [5, 5.41) is 79.2. The molecule has 0 radical (unpaired) electrons. The van der Waals surface area contributed by atoms with Crippen LogP contribution in [0.3, 0.4) is 0 Å². The molecule has 820 valence electrons. The van der Waals surface area contributed by atoms with Crippen molar-refractivity contribution < 1.29 is 161 Å². The molecule has 53 heteroatoms. The highest BCUT2D eigenvalue weighted by molar-refractivity contribution is 7.98. The highest BCUT2D eigenvalue weighted by atomic mass is 32.2. The van der Waals surface area contributed by atoms with Gasteiger partial charge in [-0.1, -0.05) is 59.3 Å². The molecule has 3 aliphatic heterocycles. The van der Waals surface area contributed by atoms with Crippen LogP contribution in [-0.4, -0.2) is 330 Å². The molecule has 10 atom stereocenters. The lowest BCUT2D eigenvalue weighted by Gasteiger charge is -2.27. The van der Waals surface area contributed by atoms with Crippen LogP contribution in [0, 0.1) is 5.92 Å². The van der Waals surface area contributed by atoms with E-state index in [0.29, 0.717) is 81.6 Å². The lowest BCUT2D eigenvalue weighted by Crippen LogP contribution is -2.59. The van der Waals surface area contributed by atoms with Crippen LogP contribution in [0.4, 0.5) is 11.4 Å². The summed E-state index contributed by atoms with van der Waals surface area (Å²) in [6.45, 7) is 15.2. The molecule has 0 saturated carbocycles. The minimum Gasteiger partial charge on any atom is -0.481 e. The van der Waals surface area contributed by atoms with E-state index in [1.807, 2.05) is 95.2 Å². The first-order valence-electron chi connectivity index (χ1n) is 48.4. The van der Waals surface area contributed by atoms with Gasteiger partial charge in [0.25, 0.3) is 20.2 Å². The van der Waals surface area contributed by atoms with Gasteiger partial charge in [0.2, 0.25) is 94.3 Å². The zero-order valence-electron chi connectivity index (χ0n) is 84.4. The number of nitrogens with one attached hydrogen (secondary N) is 13. The molecule has 0 aromatic heterocycles. The number of likely N-dealkylation sites (tertiary alicyclic amines) is 1. The molecular formula is C95H140N17O33S3+. The molecule has 15 amide bonds. The SMILES string of the molecule is CCCOCC(=O)N1CCC[C@H]1C(=O)N[C@@H](CC(C)C)C(=O)NCC(=O)N[C@@H](CSC)C(=O)N[C@@H](C)C(=O)NCC(=O)NCCOCC(=O)N[C@H](CCC(=O)O)C(=O)N[C@H](CCC(=O)O)C(=O)N[C@H](CCC(=O)O)C(=O)N[C@H](CCC(=O)O)C(=O)N[C@H](CCC(=O)O)C(=O)N[C@H](CCCCNC(=O)CCCCCN1/C(=C/C=C/C=C/C2=[N+](CC)c3ccc(S(=O)(=O)O)cc3C2(C)C)C(C)(C)c2cc(S(=O)(=O)O)ccc21)C(N)=O. The van der Waals surface area contributed by atoms with Gasteiger partial charge in [0.1, 0.15) is 80.2 Å². The molecular weight excluding hydrogens is 2000 g/mol. The topological polar surface area (TPSA) is 762 Å². The van der Waals surface area contributed by atoms with E-state index in [0.717, 1.165) is 28.9 Å². The molecule has 1 fully saturated rings. The zero-order chi connectivity index (χ0) is 111. The average molecular weight is 2140 g/mol. The molecule has 50 nitrogen and oxygen atoms in total. The number of carbonyl (C=O) groups excluding carboxylic acids is 15. The third-order valence-corrected chi connectivity index (χ3v) is 26.5. The quantitative estimate of drug-likeness (QED) is 0.0173. The van der Waals surface area contributed by atoms with Crippen molar-refractivity contribution in [2.24, 2.45) is 11.7 Å². The Kier molecular flexibility index (Phi) is 51.4. The first kappa shape index (κ1) is 125. The number of benzene rings is 2.